The summed E-state index contributed by atoms with van der Waals surface area (Å²) in [4.78, 5) is 24.7. The van der Waals surface area contributed by atoms with Crippen LogP contribution in [-0.4, -0.2) is 18.4 Å². The summed E-state index contributed by atoms with van der Waals surface area (Å²) in [5, 5.41) is 4.17. The molecule has 0 aliphatic carbocycles. The van der Waals surface area contributed by atoms with E-state index in [0.717, 1.165) is 36.4 Å². The molecule has 2 amide bonds. The fraction of sp³-hybridized carbons (Fsp3) is 0.0909. The lowest BCUT2D eigenvalue weighted by Crippen LogP contribution is -2.19. The van der Waals surface area contributed by atoms with Gasteiger partial charge in [0.1, 0.15) is 11.6 Å². The van der Waals surface area contributed by atoms with Crippen LogP contribution in [0, 0.1) is 5.82 Å². The molecule has 0 atom stereocenters. The van der Waals surface area contributed by atoms with E-state index in [1.165, 1.54) is 24.3 Å². The number of rotatable bonds is 6. The lowest BCUT2D eigenvalue weighted by Gasteiger charge is -2.17. The van der Waals surface area contributed by atoms with Crippen LogP contribution in [0.25, 0.3) is 0 Å². The molecule has 0 aliphatic rings. The van der Waals surface area contributed by atoms with Gasteiger partial charge in [0.15, 0.2) is 0 Å². The largest absolute Gasteiger partial charge is 0.434 e. The van der Waals surface area contributed by atoms with Crippen LogP contribution in [0.15, 0.2) is 66.7 Å². The number of carbonyl (C=O) groups excluding carboxylic acids is 2. The number of amides is 2. The first-order valence-corrected chi connectivity index (χ1v) is 9.18. The van der Waals surface area contributed by atoms with Gasteiger partial charge in [0, 0.05) is 5.69 Å². The van der Waals surface area contributed by atoms with Gasteiger partial charge in [-0.25, -0.2) is 4.39 Å². The Kier molecular flexibility index (Phi) is 6.90. The summed E-state index contributed by atoms with van der Waals surface area (Å²) in [7, 11) is 0. The highest BCUT2D eigenvalue weighted by Gasteiger charge is 2.35. The third kappa shape index (κ3) is 5.82. The van der Waals surface area contributed by atoms with Crippen molar-refractivity contribution in [2.24, 2.45) is 0 Å². The number of halogens is 6. The second kappa shape index (κ2) is 9.63. The summed E-state index contributed by atoms with van der Waals surface area (Å²) in [6.07, 6.45) is -4.96. The molecule has 3 rings (SSSR count). The molecular formula is C22H14F6N2O3. The molecule has 0 bridgehead atoms. The van der Waals surface area contributed by atoms with E-state index in [1.807, 2.05) is 5.32 Å². The van der Waals surface area contributed by atoms with Crippen molar-refractivity contribution in [3.63, 3.8) is 0 Å². The molecule has 0 heterocycles. The molecule has 0 saturated heterocycles. The Balaban J connectivity index is 1.89. The summed E-state index contributed by atoms with van der Waals surface area (Å²) in [5.41, 5.74) is -3.12. The highest BCUT2D eigenvalue weighted by atomic mass is 19.4. The average Bonchev–Trinajstić information content (AvgIpc) is 2.74. The summed E-state index contributed by atoms with van der Waals surface area (Å²) in [6, 6.07) is 12.2. The maximum absolute atomic E-state index is 13.7. The molecular weight excluding hydrogens is 454 g/mol. The van der Waals surface area contributed by atoms with Gasteiger partial charge in [0.2, 0.25) is 0 Å². The van der Waals surface area contributed by atoms with Crippen molar-refractivity contribution < 1.29 is 40.7 Å². The number of carbonyl (C=O) groups is 2. The SMILES string of the molecule is O=C(Nc1ccc(NC(=O)c2ccccc2OC(F)F)c(C(F)(F)F)c1)c1ccccc1F. The fourth-order valence-corrected chi connectivity index (χ4v) is 2.85. The summed E-state index contributed by atoms with van der Waals surface area (Å²) < 4.78 is 83.9. The van der Waals surface area contributed by atoms with Crippen LogP contribution in [-0.2, 0) is 6.18 Å². The van der Waals surface area contributed by atoms with Gasteiger partial charge < -0.3 is 15.4 Å². The second-order valence-electron chi connectivity index (χ2n) is 6.52. The van der Waals surface area contributed by atoms with Gasteiger partial charge in [0.05, 0.1) is 22.4 Å². The molecule has 0 saturated carbocycles. The predicted molar refractivity (Wildman–Crippen MR) is 107 cm³/mol. The van der Waals surface area contributed by atoms with Gasteiger partial charge >= 0.3 is 12.8 Å². The van der Waals surface area contributed by atoms with Crippen LogP contribution < -0.4 is 15.4 Å². The van der Waals surface area contributed by atoms with E-state index in [9.17, 15) is 35.9 Å². The van der Waals surface area contributed by atoms with Gasteiger partial charge in [-0.15, -0.1) is 0 Å². The lowest BCUT2D eigenvalue weighted by molar-refractivity contribution is -0.136. The highest BCUT2D eigenvalue weighted by molar-refractivity contribution is 6.07. The Morgan fingerprint density at radius 2 is 1.42 bits per heavy atom. The number of para-hydroxylation sites is 1. The van der Waals surface area contributed by atoms with Gasteiger partial charge in [-0.05, 0) is 42.5 Å². The fourth-order valence-electron chi connectivity index (χ4n) is 2.85. The maximum Gasteiger partial charge on any atom is 0.418 e. The first-order valence-electron chi connectivity index (χ1n) is 9.18. The first kappa shape index (κ1) is 23.6. The zero-order valence-corrected chi connectivity index (χ0v) is 16.4. The first-order chi connectivity index (χ1) is 15.6. The Labute approximate surface area is 183 Å². The number of anilines is 2. The summed E-state index contributed by atoms with van der Waals surface area (Å²) in [6.45, 7) is -3.25. The molecule has 0 fully saturated rings. The molecule has 3 aromatic rings. The number of hydrogen-bond acceptors (Lipinski definition) is 3. The van der Waals surface area contributed by atoms with Crippen molar-refractivity contribution in [3.8, 4) is 5.75 Å². The Hall–Kier alpha value is -4.02. The third-order valence-electron chi connectivity index (χ3n) is 4.30. The molecule has 3 aromatic carbocycles. The van der Waals surface area contributed by atoms with Crippen LogP contribution in [0.4, 0.5) is 37.7 Å². The van der Waals surface area contributed by atoms with Crippen molar-refractivity contribution >= 4 is 23.2 Å². The summed E-state index contributed by atoms with van der Waals surface area (Å²) in [5.74, 6) is -3.48. The number of nitrogens with one attached hydrogen (secondary N) is 2. The van der Waals surface area contributed by atoms with E-state index >= 15 is 0 Å². The maximum atomic E-state index is 13.7. The molecule has 2 N–H and O–H groups in total. The molecule has 33 heavy (non-hydrogen) atoms. The van der Waals surface area contributed by atoms with E-state index < -0.39 is 53.0 Å². The van der Waals surface area contributed by atoms with Crippen LogP contribution in [0.1, 0.15) is 26.3 Å². The van der Waals surface area contributed by atoms with Crippen LogP contribution >= 0.6 is 0 Å². The molecule has 0 aliphatic heterocycles. The number of ether oxygens (including phenoxy) is 1. The number of benzene rings is 3. The molecule has 172 valence electrons. The molecule has 11 heteroatoms. The Morgan fingerprint density at radius 1 is 0.818 bits per heavy atom. The standard InChI is InChI=1S/C22H14F6N2O3/c23-16-7-3-1-5-13(16)19(31)29-12-9-10-17(15(11-12)22(26,27)28)30-20(32)14-6-2-4-8-18(14)33-21(24)25/h1-11,21H,(H,29,31)(H,30,32). The normalized spacial score (nSPS) is 11.2. The van der Waals surface area contributed by atoms with Crippen molar-refractivity contribution in [1.29, 1.82) is 0 Å². The zero-order valence-electron chi connectivity index (χ0n) is 16.4. The Morgan fingerprint density at radius 3 is 2.06 bits per heavy atom. The van der Waals surface area contributed by atoms with Crippen molar-refractivity contribution in [1.82, 2.24) is 0 Å². The van der Waals surface area contributed by atoms with E-state index in [4.69, 9.17) is 0 Å². The molecule has 0 spiro atoms. The van der Waals surface area contributed by atoms with Crippen molar-refractivity contribution in [2.45, 2.75) is 12.8 Å². The number of alkyl halides is 5. The third-order valence-corrected chi connectivity index (χ3v) is 4.30. The van der Waals surface area contributed by atoms with Crippen molar-refractivity contribution in [3.05, 3.63) is 89.2 Å². The van der Waals surface area contributed by atoms with E-state index in [0.29, 0.717) is 6.07 Å². The van der Waals surface area contributed by atoms with Gasteiger partial charge in [-0.2, -0.15) is 22.0 Å². The topological polar surface area (TPSA) is 67.4 Å². The van der Waals surface area contributed by atoms with Crippen molar-refractivity contribution in [2.75, 3.05) is 10.6 Å². The molecule has 0 radical (unpaired) electrons. The second-order valence-corrected chi connectivity index (χ2v) is 6.52. The van der Waals surface area contributed by atoms with Crippen LogP contribution in [0.3, 0.4) is 0 Å². The average molecular weight is 468 g/mol. The minimum atomic E-state index is -4.96. The monoisotopic (exact) mass is 468 g/mol. The van der Waals surface area contributed by atoms with E-state index in [1.54, 1.807) is 0 Å². The van der Waals surface area contributed by atoms with Gasteiger partial charge in [-0.3, -0.25) is 9.59 Å². The number of hydrogen-bond donors (Lipinski definition) is 2. The van der Waals surface area contributed by atoms with Crippen LogP contribution in [0.2, 0.25) is 0 Å². The molecule has 5 nitrogen and oxygen atoms in total. The highest BCUT2D eigenvalue weighted by Crippen LogP contribution is 2.37. The summed E-state index contributed by atoms with van der Waals surface area (Å²) >= 11 is 0. The Bertz CT molecular complexity index is 1180. The van der Waals surface area contributed by atoms with E-state index in [2.05, 4.69) is 10.1 Å². The minimum Gasteiger partial charge on any atom is -0.434 e. The molecule has 0 unspecified atom stereocenters. The lowest BCUT2D eigenvalue weighted by atomic mass is 10.1. The van der Waals surface area contributed by atoms with Gasteiger partial charge in [-0.1, -0.05) is 24.3 Å². The van der Waals surface area contributed by atoms with Gasteiger partial charge in [0.25, 0.3) is 11.8 Å². The molecule has 0 aromatic heterocycles. The predicted octanol–water partition coefficient (Wildman–Crippen LogP) is 5.95. The van der Waals surface area contributed by atoms with Crippen LogP contribution in [0.5, 0.6) is 5.75 Å². The smallest absolute Gasteiger partial charge is 0.418 e. The van der Waals surface area contributed by atoms with E-state index in [-0.39, 0.29) is 11.3 Å². The quantitative estimate of drug-likeness (QED) is 0.440. The minimum absolute atomic E-state index is 0.310. The zero-order chi connectivity index (χ0) is 24.2.